The summed E-state index contributed by atoms with van der Waals surface area (Å²) in [5, 5.41) is 4.04. The molecule has 2 unspecified atom stereocenters. The molecule has 2 heterocycles. The van der Waals surface area contributed by atoms with Crippen LogP contribution in [0.1, 0.15) is 25.8 Å². The number of rotatable bonds is 8. The van der Waals surface area contributed by atoms with E-state index in [1.54, 1.807) is 9.80 Å². The SMILES string of the molecule is CN(C)CCNC(=O)CC(C)(C)CN1C(=O)C2OC3C=C(c4ccc(Cl)cc4)C=C3N2C1=S. The highest BCUT2D eigenvalue weighted by Crippen LogP contribution is 2.42. The predicted octanol–water partition coefficient (Wildman–Crippen LogP) is 2.87. The standard InChI is InChI=1S/C24H29ClN4O3S/c1-24(2,13-20(30)26-9-10-27(3)4)14-28-21(31)22-29(23(28)33)18-11-16(12-19(18)32-22)15-5-7-17(25)8-6-15/h5-8,11-12,19,22H,9-10,13-14H2,1-4H3,(H,26,30). The molecular weight excluding hydrogens is 460 g/mol. The number of carbonyl (C=O) groups is 2. The molecule has 7 nitrogen and oxygen atoms in total. The lowest BCUT2D eigenvalue weighted by molar-refractivity contribution is -0.139. The minimum atomic E-state index is -0.749. The maximum atomic E-state index is 13.1. The fraction of sp³-hybridized carbons (Fsp3) is 0.458. The van der Waals surface area contributed by atoms with Crippen molar-refractivity contribution >= 4 is 46.3 Å². The van der Waals surface area contributed by atoms with Crippen molar-refractivity contribution in [3.05, 3.63) is 52.7 Å². The number of hydrogen-bond acceptors (Lipinski definition) is 5. The Kier molecular flexibility index (Phi) is 6.64. The summed E-state index contributed by atoms with van der Waals surface area (Å²) in [4.78, 5) is 30.9. The summed E-state index contributed by atoms with van der Waals surface area (Å²) in [6.45, 7) is 5.65. The van der Waals surface area contributed by atoms with E-state index in [2.05, 4.69) is 5.32 Å². The number of amides is 2. The molecule has 0 spiro atoms. The van der Waals surface area contributed by atoms with Gasteiger partial charge in [-0.15, -0.1) is 0 Å². The van der Waals surface area contributed by atoms with Gasteiger partial charge in [0.25, 0.3) is 5.91 Å². The Morgan fingerprint density at radius 3 is 2.64 bits per heavy atom. The van der Waals surface area contributed by atoms with E-state index in [9.17, 15) is 9.59 Å². The molecule has 2 atom stereocenters. The summed E-state index contributed by atoms with van der Waals surface area (Å²) in [6.07, 6.45) is 3.26. The van der Waals surface area contributed by atoms with E-state index < -0.39 is 11.6 Å². The quantitative estimate of drug-likeness (QED) is 0.568. The molecule has 2 aliphatic heterocycles. The van der Waals surface area contributed by atoms with Crippen molar-refractivity contribution in [2.45, 2.75) is 32.6 Å². The summed E-state index contributed by atoms with van der Waals surface area (Å²) in [5.74, 6) is -0.218. The Morgan fingerprint density at radius 2 is 1.97 bits per heavy atom. The summed E-state index contributed by atoms with van der Waals surface area (Å²) in [5.41, 5.74) is 2.45. The van der Waals surface area contributed by atoms with Crippen LogP contribution in [0.15, 0.2) is 42.1 Å². The lowest BCUT2D eigenvalue weighted by atomic mass is 9.88. The van der Waals surface area contributed by atoms with Crippen LogP contribution in [0.2, 0.25) is 5.02 Å². The van der Waals surface area contributed by atoms with E-state index in [4.69, 9.17) is 28.6 Å². The molecule has 1 aromatic rings. The lowest BCUT2D eigenvalue weighted by Crippen LogP contribution is -2.43. The molecule has 2 fully saturated rings. The van der Waals surface area contributed by atoms with Crippen molar-refractivity contribution in [2.24, 2.45) is 5.41 Å². The first-order valence-electron chi connectivity index (χ1n) is 11.0. The molecular formula is C24H29ClN4O3S. The Morgan fingerprint density at radius 1 is 1.27 bits per heavy atom. The van der Waals surface area contributed by atoms with Crippen LogP contribution in [0.3, 0.4) is 0 Å². The minimum absolute atomic E-state index is 0.0356. The first-order valence-corrected chi connectivity index (χ1v) is 11.8. The zero-order valence-electron chi connectivity index (χ0n) is 19.3. The number of thiocarbonyl (C=S) groups is 1. The van der Waals surface area contributed by atoms with Crippen LogP contribution in [-0.2, 0) is 14.3 Å². The highest BCUT2D eigenvalue weighted by atomic mass is 35.5. The molecule has 2 amide bonds. The Balaban J connectivity index is 1.42. The van der Waals surface area contributed by atoms with Crippen molar-refractivity contribution in [1.29, 1.82) is 0 Å². The van der Waals surface area contributed by atoms with Gasteiger partial charge >= 0.3 is 0 Å². The van der Waals surface area contributed by atoms with Crippen molar-refractivity contribution in [1.82, 2.24) is 20.0 Å². The van der Waals surface area contributed by atoms with Gasteiger partial charge in [-0.05, 0) is 67.1 Å². The fourth-order valence-electron chi connectivity index (χ4n) is 4.29. The van der Waals surface area contributed by atoms with Crippen LogP contribution in [-0.4, -0.2) is 77.7 Å². The average Bonchev–Trinajstić information content (AvgIpc) is 3.34. The zero-order valence-corrected chi connectivity index (χ0v) is 20.9. The highest BCUT2D eigenvalue weighted by molar-refractivity contribution is 7.80. The third kappa shape index (κ3) is 4.99. The molecule has 4 rings (SSSR count). The van der Waals surface area contributed by atoms with Crippen molar-refractivity contribution in [2.75, 3.05) is 33.7 Å². The average molecular weight is 489 g/mol. The smallest absolute Gasteiger partial charge is 0.279 e. The molecule has 0 bridgehead atoms. The van der Waals surface area contributed by atoms with E-state index in [0.29, 0.717) is 29.6 Å². The maximum Gasteiger partial charge on any atom is 0.279 e. The van der Waals surface area contributed by atoms with E-state index >= 15 is 0 Å². The number of nitrogens with zero attached hydrogens (tertiary/aromatic N) is 3. The van der Waals surface area contributed by atoms with Gasteiger partial charge in [0.1, 0.15) is 6.10 Å². The fourth-order valence-corrected chi connectivity index (χ4v) is 4.77. The number of carbonyl (C=O) groups excluding carboxylic acids is 2. The van der Waals surface area contributed by atoms with Crippen LogP contribution in [0, 0.1) is 5.41 Å². The maximum absolute atomic E-state index is 13.1. The molecule has 2 saturated heterocycles. The molecule has 33 heavy (non-hydrogen) atoms. The molecule has 0 radical (unpaired) electrons. The topological polar surface area (TPSA) is 65.1 Å². The number of nitrogens with one attached hydrogen (secondary N) is 1. The Labute approximate surface area is 205 Å². The monoisotopic (exact) mass is 488 g/mol. The molecule has 1 aliphatic carbocycles. The van der Waals surface area contributed by atoms with Gasteiger partial charge in [-0.3, -0.25) is 19.4 Å². The van der Waals surface area contributed by atoms with Crippen LogP contribution in [0.4, 0.5) is 0 Å². The van der Waals surface area contributed by atoms with E-state index in [0.717, 1.165) is 23.4 Å². The van der Waals surface area contributed by atoms with E-state index in [-0.39, 0.29) is 17.9 Å². The van der Waals surface area contributed by atoms with Crippen molar-refractivity contribution in [3.8, 4) is 0 Å². The number of ether oxygens (including phenoxy) is 1. The summed E-state index contributed by atoms with van der Waals surface area (Å²) in [7, 11) is 3.92. The van der Waals surface area contributed by atoms with Gasteiger partial charge in [0.15, 0.2) is 5.11 Å². The second-order valence-electron chi connectivity index (χ2n) is 9.68. The van der Waals surface area contributed by atoms with E-state index in [1.807, 2.05) is 69.3 Å². The van der Waals surface area contributed by atoms with Gasteiger partial charge in [0, 0.05) is 31.1 Å². The largest absolute Gasteiger partial charge is 0.355 e. The highest BCUT2D eigenvalue weighted by Gasteiger charge is 2.53. The molecule has 1 aromatic carbocycles. The minimum Gasteiger partial charge on any atom is -0.355 e. The van der Waals surface area contributed by atoms with Crippen LogP contribution in [0.5, 0.6) is 0 Å². The van der Waals surface area contributed by atoms with Gasteiger partial charge in [-0.25, -0.2) is 0 Å². The van der Waals surface area contributed by atoms with Gasteiger partial charge in [-0.2, -0.15) is 0 Å². The van der Waals surface area contributed by atoms with E-state index in [1.165, 1.54) is 0 Å². The second kappa shape index (κ2) is 9.18. The predicted molar refractivity (Wildman–Crippen MR) is 132 cm³/mol. The first-order chi connectivity index (χ1) is 15.6. The lowest BCUT2D eigenvalue weighted by Gasteiger charge is -2.30. The van der Waals surface area contributed by atoms with Gasteiger partial charge < -0.3 is 15.0 Å². The number of hydrogen-bond donors (Lipinski definition) is 1. The first kappa shape index (κ1) is 23.9. The summed E-state index contributed by atoms with van der Waals surface area (Å²) < 4.78 is 6.06. The molecule has 0 aromatic heterocycles. The molecule has 3 aliphatic rings. The van der Waals surface area contributed by atoms with Gasteiger partial charge in [-0.1, -0.05) is 37.6 Å². The van der Waals surface area contributed by atoms with Crippen molar-refractivity contribution in [3.63, 3.8) is 0 Å². The Bertz CT molecular complexity index is 1030. The normalized spacial score (nSPS) is 22.0. The number of likely N-dealkylation sites (N-methyl/N-ethyl adjacent to an activating group) is 1. The number of allylic oxidation sites excluding steroid dienone is 2. The van der Waals surface area contributed by atoms with Gasteiger partial charge in [0.2, 0.25) is 12.1 Å². The summed E-state index contributed by atoms with van der Waals surface area (Å²) >= 11 is 11.7. The van der Waals surface area contributed by atoms with Crippen LogP contribution in [0.25, 0.3) is 5.57 Å². The number of halogens is 1. The Hall–Kier alpha value is -2.26. The second-order valence-corrected chi connectivity index (χ2v) is 10.5. The number of fused-ring (bicyclic) bond motifs is 3. The van der Waals surface area contributed by atoms with Gasteiger partial charge in [0.05, 0.1) is 5.70 Å². The van der Waals surface area contributed by atoms with Crippen molar-refractivity contribution < 1.29 is 14.3 Å². The third-order valence-electron chi connectivity index (χ3n) is 5.91. The molecule has 9 heteroatoms. The van der Waals surface area contributed by atoms with Crippen LogP contribution < -0.4 is 5.32 Å². The summed E-state index contributed by atoms with van der Waals surface area (Å²) in [6, 6.07) is 7.60. The molecule has 176 valence electrons. The zero-order chi connectivity index (χ0) is 23.9. The number of benzene rings is 1. The third-order valence-corrected chi connectivity index (χ3v) is 6.58. The van der Waals surface area contributed by atoms with Crippen LogP contribution >= 0.6 is 23.8 Å². The molecule has 1 N–H and O–H groups in total. The molecule has 0 saturated carbocycles.